The number of H-pyrrole nitrogens is 1. The van der Waals surface area contributed by atoms with Gasteiger partial charge in [0.15, 0.2) is 10.6 Å². The molecule has 0 unspecified atom stereocenters. The average Bonchev–Trinajstić information content (AvgIpc) is 2.89. The van der Waals surface area contributed by atoms with E-state index in [2.05, 4.69) is 60.5 Å². The SMILES string of the molecule is Cc1noc(CCn2c(=S)[nH]c3cc(I)ccc32)n1. The van der Waals surface area contributed by atoms with Crippen molar-refractivity contribution in [2.75, 3.05) is 0 Å². The van der Waals surface area contributed by atoms with Gasteiger partial charge in [0.05, 0.1) is 11.0 Å². The van der Waals surface area contributed by atoms with Crippen LogP contribution < -0.4 is 0 Å². The van der Waals surface area contributed by atoms with Crippen LogP contribution in [0.3, 0.4) is 0 Å². The number of hydrogen-bond donors (Lipinski definition) is 1. The molecule has 0 saturated heterocycles. The summed E-state index contributed by atoms with van der Waals surface area (Å²) in [5, 5.41) is 3.78. The molecule has 3 rings (SSSR count). The van der Waals surface area contributed by atoms with Crippen LogP contribution in [-0.2, 0) is 13.0 Å². The number of benzene rings is 1. The van der Waals surface area contributed by atoms with Crippen molar-refractivity contribution in [3.05, 3.63) is 38.3 Å². The summed E-state index contributed by atoms with van der Waals surface area (Å²) in [6, 6.07) is 6.22. The van der Waals surface area contributed by atoms with E-state index in [-0.39, 0.29) is 0 Å². The van der Waals surface area contributed by atoms with E-state index in [1.807, 2.05) is 6.92 Å². The normalized spacial score (nSPS) is 11.3. The van der Waals surface area contributed by atoms with Gasteiger partial charge in [0.25, 0.3) is 0 Å². The van der Waals surface area contributed by atoms with E-state index in [1.165, 1.54) is 3.57 Å². The van der Waals surface area contributed by atoms with Gasteiger partial charge in [-0.05, 0) is 59.9 Å². The number of aromatic nitrogens is 4. The molecule has 0 radical (unpaired) electrons. The quantitative estimate of drug-likeness (QED) is 0.555. The Morgan fingerprint density at radius 2 is 2.32 bits per heavy atom. The van der Waals surface area contributed by atoms with Crippen molar-refractivity contribution in [3.63, 3.8) is 0 Å². The van der Waals surface area contributed by atoms with Crippen LogP contribution in [0.25, 0.3) is 11.0 Å². The lowest BCUT2D eigenvalue weighted by atomic mass is 10.3. The number of nitrogens with zero attached hydrogens (tertiary/aromatic N) is 3. The van der Waals surface area contributed by atoms with Crippen LogP contribution in [0.5, 0.6) is 0 Å². The van der Waals surface area contributed by atoms with Crippen LogP contribution in [-0.4, -0.2) is 19.7 Å². The summed E-state index contributed by atoms with van der Waals surface area (Å²) >= 11 is 7.64. The molecule has 0 spiro atoms. The first-order valence-corrected chi connectivity index (χ1v) is 7.29. The van der Waals surface area contributed by atoms with Crippen molar-refractivity contribution >= 4 is 45.8 Å². The Kier molecular flexibility index (Phi) is 3.40. The zero-order chi connectivity index (χ0) is 13.4. The van der Waals surface area contributed by atoms with Gasteiger partial charge in [-0.2, -0.15) is 4.98 Å². The molecule has 2 aromatic heterocycles. The summed E-state index contributed by atoms with van der Waals surface area (Å²) < 4.78 is 9.07. The third-order valence-electron chi connectivity index (χ3n) is 2.86. The number of nitrogens with one attached hydrogen (secondary N) is 1. The molecule has 2 heterocycles. The number of hydrogen-bond acceptors (Lipinski definition) is 4. The first kappa shape index (κ1) is 12.8. The fraction of sp³-hybridized carbons (Fsp3) is 0.250. The number of aryl methyl sites for hydroxylation is 3. The maximum absolute atomic E-state index is 5.36. The monoisotopic (exact) mass is 386 g/mol. The van der Waals surface area contributed by atoms with Crippen molar-refractivity contribution in [2.24, 2.45) is 0 Å². The van der Waals surface area contributed by atoms with Crippen LogP contribution >= 0.6 is 34.8 Å². The lowest BCUT2D eigenvalue weighted by Crippen LogP contribution is -2.01. The van der Waals surface area contributed by atoms with E-state index in [0.717, 1.165) is 17.6 Å². The van der Waals surface area contributed by atoms with Gasteiger partial charge in [-0.15, -0.1) is 0 Å². The molecule has 1 aromatic carbocycles. The fourth-order valence-electron chi connectivity index (χ4n) is 2.01. The van der Waals surface area contributed by atoms with E-state index in [4.69, 9.17) is 16.7 Å². The molecule has 0 bridgehead atoms. The number of halogens is 1. The molecule has 7 heteroatoms. The van der Waals surface area contributed by atoms with E-state index in [1.54, 1.807) is 0 Å². The van der Waals surface area contributed by atoms with Gasteiger partial charge >= 0.3 is 0 Å². The van der Waals surface area contributed by atoms with Crippen molar-refractivity contribution < 1.29 is 4.52 Å². The molecule has 0 amide bonds. The lowest BCUT2D eigenvalue weighted by molar-refractivity contribution is 0.369. The summed E-state index contributed by atoms with van der Waals surface area (Å²) in [5.74, 6) is 1.30. The zero-order valence-electron chi connectivity index (χ0n) is 10.2. The molecule has 0 saturated carbocycles. The Labute approximate surface area is 128 Å². The largest absolute Gasteiger partial charge is 0.339 e. The smallest absolute Gasteiger partial charge is 0.228 e. The Bertz CT molecular complexity index is 788. The summed E-state index contributed by atoms with van der Waals surface area (Å²) in [4.78, 5) is 7.41. The fourth-order valence-corrected chi connectivity index (χ4v) is 2.80. The molecule has 0 atom stereocenters. The number of imidazole rings is 1. The Morgan fingerprint density at radius 3 is 3.05 bits per heavy atom. The van der Waals surface area contributed by atoms with Gasteiger partial charge in [-0.25, -0.2) is 0 Å². The molecule has 3 aromatic rings. The summed E-state index contributed by atoms with van der Waals surface area (Å²) in [5.41, 5.74) is 2.15. The van der Waals surface area contributed by atoms with Gasteiger partial charge in [-0.1, -0.05) is 5.16 Å². The second-order valence-corrected chi connectivity index (χ2v) is 5.86. The highest BCUT2D eigenvalue weighted by molar-refractivity contribution is 14.1. The zero-order valence-corrected chi connectivity index (χ0v) is 13.2. The maximum atomic E-state index is 5.36. The molecule has 5 nitrogen and oxygen atoms in total. The molecule has 0 aliphatic carbocycles. The highest BCUT2D eigenvalue weighted by atomic mass is 127. The molecule has 1 N–H and O–H groups in total. The Morgan fingerprint density at radius 1 is 1.47 bits per heavy atom. The Hall–Kier alpha value is -1.22. The summed E-state index contributed by atoms with van der Waals surface area (Å²) in [7, 11) is 0. The van der Waals surface area contributed by atoms with E-state index < -0.39 is 0 Å². The van der Waals surface area contributed by atoms with Crippen LogP contribution in [0.15, 0.2) is 22.7 Å². The van der Waals surface area contributed by atoms with Crippen molar-refractivity contribution in [1.29, 1.82) is 0 Å². The van der Waals surface area contributed by atoms with Gasteiger partial charge in [0.1, 0.15) is 0 Å². The van der Waals surface area contributed by atoms with E-state index in [9.17, 15) is 0 Å². The minimum atomic E-state index is 0.638. The minimum Gasteiger partial charge on any atom is -0.339 e. The minimum absolute atomic E-state index is 0.638. The van der Waals surface area contributed by atoms with Gasteiger partial charge in [0, 0.05) is 16.5 Å². The Balaban J connectivity index is 1.92. The lowest BCUT2D eigenvalue weighted by Gasteiger charge is -2.01. The predicted octanol–water partition coefficient (Wildman–Crippen LogP) is 3.24. The molecule has 0 aliphatic rings. The standard InChI is InChI=1S/C12H11IN4OS/c1-7-14-11(18-16-7)4-5-17-10-3-2-8(13)6-9(10)15-12(17)19/h2-3,6H,4-5H2,1H3,(H,15,19). The molecule has 0 fully saturated rings. The van der Waals surface area contributed by atoms with Crippen molar-refractivity contribution in [2.45, 2.75) is 19.9 Å². The van der Waals surface area contributed by atoms with E-state index >= 15 is 0 Å². The summed E-state index contributed by atoms with van der Waals surface area (Å²) in [6.45, 7) is 2.54. The molecule has 19 heavy (non-hydrogen) atoms. The molecular formula is C12H11IN4OS. The third-order valence-corrected chi connectivity index (χ3v) is 3.85. The predicted molar refractivity (Wildman–Crippen MR) is 82.6 cm³/mol. The highest BCUT2D eigenvalue weighted by Gasteiger charge is 2.07. The van der Waals surface area contributed by atoms with Crippen molar-refractivity contribution in [3.8, 4) is 0 Å². The number of fused-ring (bicyclic) bond motifs is 1. The second-order valence-electron chi connectivity index (χ2n) is 4.23. The van der Waals surface area contributed by atoms with E-state index in [0.29, 0.717) is 22.9 Å². The molecular weight excluding hydrogens is 375 g/mol. The molecule has 0 aliphatic heterocycles. The third kappa shape index (κ3) is 2.57. The second kappa shape index (κ2) is 5.04. The van der Waals surface area contributed by atoms with Crippen LogP contribution in [0, 0.1) is 15.3 Å². The highest BCUT2D eigenvalue weighted by Crippen LogP contribution is 2.17. The first-order valence-electron chi connectivity index (χ1n) is 5.81. The first-order chi connectivity index (χ1) is 9.13. The summed E-state index contributed by atoms with van der Waals surface area (Å²) in [6.07, 6.45) is 0.675. The average molecular weight is 386 g/mol. The van der Waals surface area contributed by atoms with Gasteiger partial charge < -0.3 is 14.1 Å². The topological polar surface area (TPSA) is 59.6 Å². The van der Waals surface area contributed by atoms with Crippen molar-refractivity contribution in [1.82, 2.24) is 19.7 Å². The number of rotatable bonds is 3. The maximum Gasteiger partial charge on any atom is 0.228 e. The van der Waals surface area contributed by atoms with Crippen LogP contribution in [0.4, 0.5) is 0 Å². The van der Waals surface area contributed by atoms with Gasteiger partial charge in [0.2, 0.25) is 5.89 Å². The number of aromatic amines is 1. The van der Waals surface area contributed by atoms with Crippen LogP contribution in [0.2, 0.25) is 0 Å². The van der Waals surface area contributed by atoms with Gasteiger partial charge in [-0.3, -0.25) is 0 Å². The van der Waals surface area contributed by atoms with Crippen LogP contribution in [0.1, 0.15) is 11.7 Å². The molecule has 98 valence electrons.